The lowest BCUT2D eigenvalue weighted by Crippen LogP contribution is -2.28. The summed E-state index contributed by atoms with van der Waals surface area (Å²) in [7, 11) is 1.62. The fourth-order valence-electron chi connectivity index (χ4n) is 2.87. The summed E-state index contributed by atoms with van der Waals surface area (Å²) in [6, 6.07) is 20.3. The highest BCUT2D eigenvalue weighted by atomic mass is 16.5. The molecular formula is C22H19N3O3. The van der Waals surface area contributed by atoms with Crippen LogP contribution in [0.15, 0.2) is 66.7 Å². The summed E-state index contributed by atoms with van der Waals surface area (Å²) in [6.45, 7) is 0.766. The minimum atomic E-state index is -0.171. The lowest BCUT2D eigenvalue weighted by atomic mass is 10.1. The minimum Gasteiger partial charge on any atom is -0.497 e. The van der Waals surface area contributed by atoms with Crippen LogP contribution in [0.4, 0.5) is 0 Å². The van der Waals surface area contributed by atoms with Gasteiger partial charge >= 0.3 is 0 Å². The van der Waals surface area contributed by atoms with Crippen molar-refractivity contribution in [2.45, 2.75) is 0 Å². The van der Waals surface area contributed by atoms with Gasteiger partial charge in [-0.2, -0.15) is 0 Å². The molecule has 0 spiro atoms. The van der Waals surface area contributed by atoms with Gasteiger partial charge in [0.1, 0.15) is 18.1 Å². The number of hydrogen-bond donors (Lipinski definition) is 1. The molecule has 0 atom stereocenters. The van der Waals surface area contributed by atoms with Crippen LogP contribution < -0.4 is 14.8 Å². The van der Waals surface area contributed by atoms with Crippen molar-refractivity contribution in [1.82, 2.24) is 15.3 Å². The smallest absolute Gasteiger partial charge is 0.251 e. The number of nitrogens with one attached hydrogen (secondary N) is 1. The second-order valence-electron chi connectivity index (χ2n) is 6.20. The predicted octanol–water partition coefficient (Wildman–Crippen LogP) is 3.60. The fourth-order valence-corrected chi connectivity index (χ4v) is 2.87. The summed E-state index contributed by atoms with van der Waals surface area (Å²) in [4.78, 5) is 21.6. The minimum absolute atomic E-state index is 0.171. The number of para-hydroxylation sites is 2. The zero-order valence-electron chi connectivity index (χ0n) is 15.4. The van der Waals surface area contributed by atoms with Crippen LogP contribution in [0.3, 0.4) is 0 Å². The Bertz CT molecular complexity index is 1130. The number of carbonyl (C=O) groups is 1. The summed E-state index contributed by atoms with van der Waals surface area (Å²) in [5, 5.41) is 2.86. The summed E-state index contributed by atoms with van der Waals surface area (Å²) in [5.41, 5.74) is 3.64. The highest BCUT2D eigenvalue weighted by Gasteiger charge is 2.08. The monoisotopic (exact) mass is 373 g/mol. The van der Waals surface area contributed by atoms with Gasteiger partial charge in [0.25, 0.3) is 5.91 Å². The molecule has 1 aromatic heterocycles. The van der Waals surface area contributed by atoms with E-state index in [9.17, 15) is 4.79 Å². The second-order valence-corrected chi connectivity index (χ2v) is 6.20. The van der Waals surface area contributed by atoms with Gasteiger partial charge in [0, 0.05) is 5.56 Å². The summed E-state index contributed by atoms with van der Waals surface area (Å²) in [5.74, 6) is 1.32. The number of amides is 1. The molecule has 1 N–H and O–H groups in total. The molecule has 28 heavy (non-hydrogen) atoms. The Morgan fingerprint density at radius 3 is 2.21 bits per heavy atom. The maximum Gasteiger partial charge on any atom is 0.251 e. The SMILES string of the molecule is COc1ccc(OCCNC(=O)c2ccc3nc4ccccc4nc3c2)cc1. The molecule has 0 aliphatic carbocycles. The van der Waals surface area contributed by atoms with Crippen molar-refractivity contribution in [2.24, 2.45) is 0 Å². The number of nitrogens with zero attached hydrogens (tertiary/aromatic N) is 2. The molecule has 0 aliphatic rings. The number of aromatic nitrogens is 2. The first-order valence-electron chi connectivity index (χ1n) is 8.94. The Hall–Kier alpha value is -3.67. The molecule has 1 heterocycles. The Kier molecular flexibility index (Phi) is 5.01. The highest BCUT2D eigenvalue weighted by Crippen LogP contribution is 2.18. The van der Waals surface area contributed by atoms with Gasteiger partial charge in [-0.05, 0) is 54.6 Å². The molecule has 6 nitrogen and oxygen atoms in total. The van der Waals surface area contributed by atoms with E-state index in [2.05, 4.69) is 15.3 Å². The van der Waals surface area contributed by atoms with E-state index in [4.69, 9.17) is 9.47 Å². The van der Waals surface area contributed by atoms with Gasteiger partial charge in [-0.25, -0.2) is 9.97 Å². The highest BCUT2D eigenvalue weighted by molar-refractivity contribution is 5.98. The first-order chi connectivity index (χ1) is 13.7. The van der Waals surface area contributed by atoms with Gasteiger partial charge in [0.2, 0.25) is 0 Å². The van der Waals surface area contributed by atoms with Crippen molar-refractivity contribution in [2.75, 3.05) is 20.3 Å². The van der Waals surface area contributed by atoms with Crippen LogP contribution in [-0.2, 0) is 0 Å². The average Bonchev–Trinajstić information content (AvgIpc) is 2.75. The normalized spacial score (nSPS) is 10.8. The quantitative estimate of drug-likeness (QED) is 0.413. The molecule has 140 valence electrons. The molecule has 0 unspecified atom stereocenters. The Balaban J connectivity index is 1.38. The zero-order chi connectivity index (χ0) is 19.3. The van der Waals surface area contributed by atoms with Gasteiger partial charge in [-0.1, -0.05) is 12.1 Å². The Morgan fingerprint density at radius 2 is 1.50 bits per heavy atom. The van der Waals surface area contributed by atoms with Crippen LogP contribution in [0, 0.1) is 0 Å². The van der Waals surface area contributed by atoms with Crippen molar-refractivity contribution in [1.29, 1.82) is 0 Å². The van der Waals surface area contributed by atoms with Crippen LogP contribution in [0.5, 0.6) is 11.5 Å². The van der Waals surface area contributed by atoms with Gasteiger partial charge in [-0.15, -0.1) is 0 Å². The van der Waals surface area contributed by atoms with Crippen molar-refractivity contribution in [3.8, 4) is 11.5 Å². The van der Waals surface area contributed by atoms with E-state index in [1.54, 1.807) is 19.2 Å². The maximum atomic E-state index is 12.4. The number of ether oxygens (including phenoxy) is 2. The van der Waals surface area contributed by atoms with Crippen molar-refractivity contribution in [3.63, 3.8) is 0 Å². The molecule has 0 fully saturated rings. The Morgan fingerprint density at radius 1 is 0.857 bits per heavy atom. The van der Waals surface area contributed by atoms with E-state index in [1.807, 2.05) is 54.6 Å². The maximum absolute atomic E-state index is 12.4. The largest absolute Gasteiger partial charge is 0.497 e. The van der Waals surface area contributed by atoms with Gasteiger partial charge in [0.05, 0.1) is 35.7 Å². The van der Waals surface area contributed by atoms with Crippen LogP contribution in [0.2, 0.25) is 0 Å². The molecule has 4 rings (SSSR count). The lowest BCUT2D eigenvalue weighted by molar-refractivity contribution is 0.0947. The number of fused-ring (bicyclic) bond motifs is 2. The van der Waals surface area contributed by atoms with E-state index in [0.717, 1.165) is 28.0 Å². The first kappa shape index (κ1) is 17.7. The summed E-state index contributed by atoms with van der Waals surface area (Å²) in [6.07, 6.45) is 0. The van der Waals surface area contributed by atoms with E-state index >= 15 is 0 Å². The lowest BCUT2D eigenvalue weighted by Gasteiger charge is -2.09. The van der Waals surface area contributed by atoms with Crippen molar-refractivity contribution in [3.05, 3.63) is 72.3 Å². The third kappa shape index (κ3) is 3.86. The first-order valence-corrected chi connectivity index (χ1v) is 8.94. The standard InChI is InChI=1S/C22H19N3O3/c1-27-16-7-9-17(10-8-16)28-13-12-23-22(26)15-6-11-20-21(14-15)25-19-5-3-2-4-18(19)24-20/h2-11,14H,12-13H2,1H3,(H,23,26). The van der Waals surface area contributed by atoms with Crippen LogP contribution in [0.25, 0.3) is 22.1 Å². The molecule has 0 aliphatic heterocycles. The average molecular weight is 373 g/mol. The van der Waals surface area contributed by atoms with Gasteiger partial charge < -0.3 is 14.8 Å². The topological polar surface area (TPSA) is 73.3 Å². The fraction of sp³-hybridized carbons (Fsp3) is 0.136. The third-order valence-electron chi connectivity index (χ3n) is 4.32. The summed E-state index contributed by atoms with van der Waals surface area (Å²) < 4.78 is 10.7. The van der Waals surface area contributed by atoms with Crippen molar-refractivity contribution >= 4 is 28.0 Å². The third-order valence-corrected chi connectivity index (χ3v) is 4.32. The molecule has 0 radical (unpaired) electrons. The van der Waals surface area contributed by atoms with E-state index in [-0.39, 0.29) is 5.91 Å². The molecule has 0 saturated heterocycles. The molecule has 4 aromatic rings. The van der Waals surface area contributed by atoms with E-state index in [1.165, 1.54) is 0 Å². The summed E-state index contributed by atoms with van der Waals surface area (Å²) >= 11 is 0. The van der Waals surface area contributed by atoms with E-state index in [0.29, 0.717) is 24.2 Å². The second kappa shape index (κ2) is 7.92. The number of rotatable bonds is 6. The Labute approximate surface area is 162 Å². The molecule has 3 aromatic carbocycles. The van der Waals surface area contributed by atoms with Crippen molar-refractivity contribution < 1.29 is 14.3 Å². The molecular weight excluding hydrogens is 354 g/mol. The van der Waals surface area contributed by atoms with Crippen LogP contribution in [-0.4, -0.2) is 36.1 Å². The molecule has 0 saturated carbocycles. The number of benzene rings is 3. The molecule has 1 amide bonds. The van der Waals surface area contributed by atoms with E-state index < -0.39 is 0 Å². The predicted molar refractivity (Wildman–Crippen MR) is 108 cm³/mol. The number of methoxy groups -OCH3 is 1. The van der Waals surface area contributed by atoms with Crippen LogP contribution >= 0.6 is 0 Å². The number of carbonyl (C=O) groups excluding carboxylic acids is 1. The van der Waals surface area contributed by atoms with Gasteiger partial charge in [-0.3, -0.25) is 4.79 Å². The number of hydrogen-bond acceptors (Lipinski definition) is 5. The molecule has 0 bridgehead atoms. The van der Waals surface area contributed by atoms with Gasteiger partial charge in [0.15, 0.2) is 0 Å². The molecule has 6 heteroatoms. The van der Waals surface area contributed by atoms with Crippen LogP contribution in [0.1, 0.15) is 10.4 Å². The zero-order valence-corrected chi connectivity index (χ0v) is 15.4.